The molecule has 0 aliphatic rings. The lowest BCUT2D eigenvalue weighted by molar-refractivity contribution is -0.387. The third-order valence-corrected chi connectivity index (χ3v) is 2.79. The molecular weight excluding hydrogens is 240 g/mol. The normalized spacial score (nSPS) is 10.8. The summed E-state index contributed by atoms with van der Waals surface area (Å²) in [5.41, 5.74) is 3.84. The number of rotatable bonds is 3. The minimum atomic E-state index is -4.55. The van der Waals surface area contributed by atoms with Gasteiger partial charge in [0.15, 0.2) is 4.90 Å². The van der Waals surface area contributed by atoms with Crippen LogP contribution in [-0.2, 0) is 14.3 Å². The zero-order valence-corrected chi connectivity index (χ0v) is 8.51. The highest BCUT2D eigenvalue weighted by Gasteiger charge is 2.27. The van der Waals surface area contributed by atoms with Gasteiger partial charge in [0.1, 0.15) is 0 Å². The molecule has 0 saturated carbocycles. The maximum atomic E-state index is 11.3. The second-order valence-corrected chi connectivity index (χ2v) is 4.10. The molecule has 0 aliphatic carbocycles. The van der Waals surface area contributed by atoms with Gasteiger partial charge in [0.25, 0.3) is 5.69 Å². The second kappa shape index (κ2) is 4.14. The maximum Gasteiger partial charge on any atom is 0.420 e. The van der Waals surface area contributed by atoms with Crippen LogP contribution in [0.1, 0.15) is 0 Å². The van der Waals surface area contributed by atoms with Crippen LogP contribution in [0.15, 0.2) is 29.2 Å². The quantitative estimate of drug-likeness (QED) is 0.466. The van der Waals surface area contributed by atoms with Crippen LogP contribution in [0.2, 0.25) is 0 Å². The van der Waals surface area contributed by atoms with Crippen LogP contribution in [0.3, 0.4) is 0 Å². The van der Waals surface area contributed by atoms with E-state index in [0.29, 0.717) is 0 Å². The molecule has 1 amide bonds. The average Bonchev–Trinajstić information content (AvgIpc) is 2.15. The monoisotopic (exact) mass is 246 g/mol. The summed E-state index contributed by atoms with van der Waals surface area (Å²) in [5, 5.41) is 10.5. The van der Waals surface area contributed by atoms with Crippen molar-refractivity contribution in [2.75, 3.05) is 0 Å². The Kier molecular flexibility index (Phi) is 3.09. The largest absolute Gasteiger partial charge is 0.420 e. The molecule has 0 unspecified atom stereocenters. The molecule has 0 fully saturated rings. The first-order valence-electron chi connectivity index (χ1n) is 3.82. The highest BCUT2D eigenvalue weighted by Crippen LogP contribution is 2.24. The van der Waals surface area contributed by atoms with Gasteiger partial charge in [0, 0.05) is 6.07 Å². The topological polar surface area (TPSA) is 130 Å². The van der Waals surface area contributed by atoms with Gasteiger partial charge >= 0.3 is 16.2 Å². The molecule has 8 nitrogen and oxygen atoms in total. The lowest BCUT2D eigenvalue weighted by Gasteiger charge is -2.03. The molecule has 0 aliphatic heterocycles. The van der Waals surface area contributed by atoms with Crippen molar-refractivity contribution in [1.29, 1.82) is 0 Å². The van der Waals surface area contributed by atoms with Crippen molar-refractivity contribution in [2.45, 2.75) is 4.90 Å². The number of primary amides is 1. The number of nitrogens with zero attached hydrogens (tertiary/aromatic N) is 1. The molecule has 2 N–H and O–H groups in total. The molecule has 0 saturated heterocycles. The highest BCUT2D eigenvalue weighted by atomic mass is 32.2. The summed E-state index contributed by atoms with van der Waals surface area (Å²) in [4.78, 5) is 19.2. The fraction of sp³-hybridized carbons (Fsp3) is 0. The Hall–Kier alpha value is -2.16. The van der Waals surface area contributed by atoms with E-state index < -0.39 is 31.7 Å². The number of amides is 1. The van der Waals surface area contributed by atoms with Gasteiger partial charge in [-0.3, -0.25) is 10.1 Å². The standard InChI is InChI=1S/C7H6N2O6S/c8-7(10)15-16(13,14)6-4-2-1-3-5(6)9(11)12/h1-4H,(H2,8,10). The van der Waals surface area contributed by atoms with Gasteiger partial charge in [-0.05, 0) is 6.07 Å². The van der Waals surface area contributed by atoms with Gasteiger partial charge < -0.3 is 9.92 Å². The van der Waals surface area contributed by atoms with E-state index in [1.807, 2.05) is 0 Å². The SMILES string of the molecule is NC(=O)OS(=O)(=O)c1ccccc1[N+](=O)[O-]. The minimum absolute atomic E-state index is 0.691. The first kappa shape index (κ1) is 11.9. The molecule has 16 heavy (non-hydrogen) atoms. The van der Waals surface area contributed by atoms with E-state index >= 15 is 0 Å². The number of nitro groups is 1. The van der Waals surface area contributed by atoms with Crippen molar-refractivity contribution in [3.63, 3.8) is 0 Å². The molecule has 0 radical (unpaired) electrons. The van der Waals surface area contributed by atoms with Gasteiger partial charge in [-0.2, -0.15) is 8.42 Å². The lowest BCUT2D eigenvalue weighted by Crippen LogP contribution is -2.19. The molecule has 0 bridgehead atoms. The van der Waals surface area contributed by atoms with Gasteiger partial charge in [-0.25, -0.2) is 4.79 Å². The van der Waals surface area contributed by atoms with Gasteiger partial charge in [0.2, 0.25) is 0 Å². The number of hydrogen-bond donors (Lipinski definition) is 1. The third-order valence-electron chi connectivity index (χ3n) is 1.52. The van der Waals surface area contributed by atoms with Crippen LogP contribution in [-0.4, -0.2) is 19.4 Å². The van der Waals surface area contributed by atoms with Crippen LogP contribution in [0.4, 0.5) is 10.5 Å². The van der Waals surface area contributed by atoms with Gasteiger partial charge in [-0.1, -0.05) is 12.1 Å². The van der Waals surface area contributed by atoms with Crippen LogP contribution in [0, 0.1) is 10.1 Å². The lowest BCUT2D eigenvalue weighted by atomic mass is 10.3. The molecule has 9 heteroatoms. The molecule has 0 heterocycles. The van der Waals surface area contributed by atoms with E-state index in [1.165, 1.54) is 12.1 Å². The Labute approximate surface area is 89.9 Å². The predicted molar refractivity (Wildman–Crippen MR) is 51.0 cm³/mol. The van der Waals surface area contributed by atoms with E-state index in [1.54, 1.807) is 0 Å². The molecule has 0 aromatic heterocycles. The van der Waals surface area contributed by atoms with Gasteiger partial charge in [0.05, 0.1) is 4.92 Å². The number of benzene rings is 1. The smallest absolute Gasteiger partial charge is 0.334 e. The summed E-state index contributed by atoms with van der Waals surface area (Å²) in [6, 6.07) is 4.44. The zero-order valence-electron chi connectivity index (χ0n) is 7.69. The van der Waals surface area contributed by atoms with Gasteiger partial charge in [-0.15, -0.1) is 0 Å². The molecule has 1 aromatic rings. The van der Waals surface area contributed by atoms with Crippen molar-refractivity contribution >= 4 is 21.9 Å². The fourth-order valence-electron chi connectivity index (χ4n) is 0.972. The Morgan fingerprint density at radius 1 is 1.38 bits per heavy atom. The van der Waals surface area contributed by atoms with Crippen molar-refractivity contribution < 1.29 is 22.3 Å². The number of hydrogen-bond acceptors (Lipinski definition) is 6. The number of nitrogens with two attached hydrogens (primary N) is 1. The van der Waals surface area contributed by atoms with E-state index in [0.717, 1.165) is 12.1 Å². The summed E-state index contributed by atoms with van der Waals surface area (Å²) in [6.45, 7) is 0. The van der Waals surface area contributed by atoms with E-state index in [2.05, 4.69) is 9.92 Å². The summed E-state index contributed by atoms with van der Waals surface area (Å²) >= 11 is 0. The number of nitro benzene ring substituents is 1. The third kappa shape index (κ3) is 2.45. The first-order chi connectivity index (χ1) is 7.34. The summed E-state index contributed by atoms with van der Waals surface area (Å²) in [5.74, 6) is 0. The molecule has 86 valence electrons. The summed E-state index contributed by atoms with van der Waals surface area (Å²) in [7, 11) is -4.55. The molecule has 0 atom stereocenters. The fourth-order valence-corrected chi connectivity index (χ4v) is 1.92. The predicted octanol–water partition coefficient (Wildman–Crippen LogP) is 0.379. The van der Waals surface area contributed by atoms with Crippen molar-refractivity contribution in [3.8, 4) is 0 Å². The summed E-state index contributed by atoms with van der Waals surface area (Å²) < 4.78 is 26.5. The highest BCUT2D eigenvalue weighted by molar-refractivity contribution is 7.87. The minimum Gasteiger partial charge on any atom is -0.334 e. The Balaban J connectivity index is 3.33. The van der Waals surface area contributed by atoms with Crippen molar-refractivity contribution in [1.82, 2.24) is 0 Å². The number of carbonyl (C=O) groups excluding carboxylic acids is 1. The maximum absolute atomic E-state index is 11.3. The number of carbonyl (C=O) groups is 1. The average molecular weight is 246 g/mol. The van der Waals surface area contributed by atoms with Crippen LogP contribution in [0.25, 0.3) is 0 Å². The Morgan fingerprint density at radius 2 is 1.94 bits per heavy atom. The summed E-state index contributed by atoms with van der Waals surface area (Å²) in [6.07, 6.45) is -1.56. The van der Waals surface area contributed by atoms with Crippen molar-refractivity contribution in [2.24, 2.45) is 5.73 Å². The van der Waals surface area contributed by atoms with E-state index in [4.69, 9.17) is 0 Å². The Morgan fingerprint density at radius 3 is 2.44 bits per heavy atom. The molecular formula is C7H6N2O6S. The van der Waals surface area contributed by atoms with Crippen LogP contribution in [0.5, 0.6) is 0 Å². The van der Waals surface area contributed by atoms with Crippen molar-refractivity contribution in [3.05, 3.63) is 34.4 Å². The second-order valence-electron chi connectivity index (χ2n) is 2.58. The van der Waals surface area contributed by atoms with E-state index in [-0.39, 0.29) is 0 Å². The first-order valence-corrected chi connectivity index (χ1v) is 5.23. The van der Waals surface area contributed by atoms with Crippen LogP contribution >= 0.6 is 0 Å². The molecule has 0 spiro atoms. The Bertz CT molecular complexity index is 538. The number of para-hydroxylation sites is 1. The zero-order chi connectivity index (χ0) is 12.3. The molecule has 1 rings (SSSR count). The van der Waals surface area contributed by atoms with Crippen LogP contribution < -0.4 is 5.73 Å². The molecule has 1 aromatic carbocycles. The van der Waals surface area contributed by atoms with E-state index in [9.17, 15) is 23.3 Å².